The van der Waals surface area contributed by atoms with Crippen LogP contribution in [0.4, 0.5) is 0 Å². The number of aromatic nitrogens is 1. The SMILES string of the molecule is Clc1cnc(Br)c2cc(Br)ccc12. The van der Waals surface area contributed by atoms with Crippen molar-refractivity contribution in [1.82, 2.24) is 4.98 Å². The first kappa shape index (κ1) is 9.44. The van der Waals surface area contributed by atoms with Crippen molar-refractivity contribution in [3.63, 3.8) is 0 Å². The Kier molecular flexibility index (Phi) is 2.58. The van der Waals surface area contributed by atoms with E-state index in [1.165, 1.54) is 0 Å². The molecule has 1 nitrogen and oxygen atoms in total. The lowest BCUT2D eigenvalue weighted by molar-refractivity contribution is 1.31. The lowest BCUT2D eigenvalue weighted by Gasteiger charge is -2.02. The number of benzene rings is 1. The van der Waals surface area contributed by atoms with E-state index in [0.717, 1.165) is 19.8 Å². The molecule has 13 heavy (non-hydrogen) atoms. The zero-order chi connectivity index (χ0) is 9.42. The van der Waals surface area contributed by atoms with Crippen molar-refractivity contribution in [2.45, 2.75) is 0 Å². The maximum atomic E-state index is 5.98. The van der Waals surface area contributed by atoms with Gasteiger partial charge in [0.25, 0.3) is 0 Å². The van der Waals surface area contributed by atoms with Crippen LogP contribution in [0.5, 0.6) is 0 Å². The van der Waals surface area contributed by atoms with Gasteiger partial charge >= 0.3 is 0 Å². The molecule has 0 spiro atoms. The molecule has 0 bridgehead atoms. The largest absolute Gasteiger partial charge is 0.247 e. The van der Waals surface area contributed by atoms with E-state index in [1.54, 1.807) is 6.20 Å². The van der Waals surface area contributed by atoms with Crippen LogP contribution < -0.4 is 0 Å². The van der Waals surface area contributed by atoms with E-state index in [9.17, 15) is 0 Å². The van der Waals surface area contributed by atoms with Crippen LogP contribution in [-0.4, -0.2) is 4.98 Å². The lowest BCUT2D eigenvalue weighted by Crippen LogP contribution is -1.80. The van der Waals surface area contributed by atoms with Gasteiger partial charge in [0.2, 0.25) is 0 Å². The molecule has 4 heteroatoms. The molecule has 0 fully saturated rings. The number of fused-ring (bicyclic) bond motifs is 1. The van der Waals surface area contributed by atoms with Gasteiger partial charge in [-0.15, -0.1) is 0 Å². The summed E-state index contributed by atoms with van der Waals surface area (Å²) in [5.41, 5.74) is 0. The summed E-state index contributed by atoms with van der Waals surface area (Å²) in [6.07, 6.45) is 1.64. The summed E-state index contributed by atoms with van der Waals surface area (Å²) in [5, 5.41) is 2.69. The highest BCUT2D eigenvalue weighted by atomic mass is 79.9. The van der Waals surface area contributed by atoms with Crippen molar-refractivity contribution in [3.8, 4) is 0 Å². The molecule has 0 amide bonds. The lowest BCUT2D eigenvalue weighted by atomic mass is 10.2. The predicted octanol–water partition coefficient (Wildman–Crippen LogP) is 4.41. The van der Waals surface area contributed by atoms with Crippen molar-refractivity contribution in [3.05, 3.63) is 38.5 Å². The van der Waals surface area contributed by atoms with Crippen LogP contribution in [0, 0.1) is 0 Å². The van der Waals surface area contributed by atoms with Crippen LogP contribution in [0.15, 0.2) is 33.5 Å². The van der Waals surface area contributed by atoms with E-state index in [1.807, 2.05) is 18.2 Å². The average Bonchev–Trinajstić information content (AvgIpc) is 2.12. The summed E-state index contributed by atoms with van der Waals surface area (Å²) in [5.74, 6) is 0. The number of hydrogen-bond donors (Lipinski definition) is 0. The van der Waals surface area contributed by atoms with Crippen molar-refractivity contribution in [2.75, 3.05) is 0 Å². The molecular weight excluding hydrogens is 317 g/mol. The summed E-state index contributed by atoms with van der Waals surface area (Å²) in [7, 11) is 0. The first-order valence-corrected chi connectivity index (χ1v) is 5.54. The number of nitrogens with zero attached hydrogens (tertiary/aromatic N) is 1. The molecule has 1 aromatic carbocycles. The Balaban J connectivity index is 2.92. The Bertz CT molecular complexity index is 470. The van der Waals surface area contributed by atoms with Gasteiger partial charge in [-0.2, -0.15) is 0 Å². The number of rotatable bonds is 0. The Hall–Kier alpha value is -0.120. The van der Waals surface area contributed by atoms with E-state index in [4.69, 9.17) is 11.6 Å². The fourth-order valence-corrected chi connectivity index (χ4v) is 2.15. The van der Waals surface area contributed by atoms with Crippen LogP contribution in [0.25, 0.3) is 10.8 Å². The Labute approximate surface area is 97.4 Å². The first-order valence-electron chi connectivity index (χ1n) is 3.58. The van der Waals surface area contributed by atoms with Gasteiger partial charge in [-0.3, -0.25) is 0 Å². The van der Waals surface area contributed by atoms with E-state index in [0.29, 0.717) is 5.02 Å². The summed E-state index contributed by atoms with van der Waals surface area (Å²) in [6.45, 7) is 0. The van der Waals surface area contributed by atoms with Crippen molar-refractivity contribution in [1.29, 1.82) is 0 Å². The molecule has 0 saturated carbocycles. The zero-order valence-electron chi connectivity index (χ0n) is 6.39. The van der Waals surface area contributed by atoms with Gasteiger partial charge in [0, 0.05) is 21.4 Å². The molecule has 0 N–H and O–H groups in total. The molecule has 0 aliphatic heterocycles. The Morgan fingerprint density at radius 2 is 1.92 bits per heavy atom. The van der Waals surface area contributed by atoms with Crippen molar-refractivity contribution in [2.24, 2.45) is 0 Å². The van der Waals surface area contributed by atoms with Gasteiger partial charge in [0.15, 0.2) is 0 Å². The Morgan fingerprint density at radius 1 is 1.15 bits per heavy atom. The highest BCUT2D eigenvalue weighted by Crippen LogP contribution is 2.29. The van der Waals surface area contributed by atoms with Gasteiger partial charge in [-0.05, 0) is 28.1 Å². The van der Waals surface area contributed by atoms with Gasteiger partial charge < -0.3 is 0 Å². The second kappa shape index (κ2) is 3.56. The molecule has 1 heterocycles. The zero-order valence-corrected chi connectivity index (χ0v) is 10.3. The molecule has 0 aliphatic carbocycles. The van der Waals surface area contributed by atoms with E-state index in [-0.39, 0.29) is 0 Å². The highest BCUT2D eigenvalue weighted by Gasteiger charge is 2.03. The van der Waals surface area contributed by atoms with Crippen LogP contribution in [0.1, 0.15) is 0 Å². The molecular formula is C9H4Br2ClN. The minimum Gasteiger partial charge on any atom is -0.247 e. The third-order valence-electron chi connectivity index (χ3n) is 1.75. The monoisotopic (exact) mass is 319 g/mol. The van der Waals surface area contributed by atoms with Gasteiger partial charge in [0.05, 0.1) is 5.02 Å². The van der Waals surface area contributed by atoms with Crippen LogP contribution >= 0.6 is 43.5 Å². The van der Waals surface area contributed by atoms with Gasteiger partial charge in [-0.25, -0.2) is 4.98 Å². The van der Waals surface area contributed by atoms with Gasteiger partial charge in [-0.1, -0.05) is 33.6 Å². The van der Waals surface area contributed by atoms with Crippen LogP contribution in [0.3, 0.4) is 0 Å². The summed E-state index contributed by atoms with van der Waals surface area (Å²) < 4.78 is 1.83. The number of hydrogen-bond acceptors (Lipinski definition) is 1. The van der Waals surface area contributed by atoms with Crippen LogP contribution in [0.2, 0.25) is 5.02 Å². The third-order valence-corrected chi connectivity index (χ3v) is 3.18. The maximum Gasteiger partial charge on any atom is 0.114 e. The summed E-state index contributed by atoms with van der Waals surface area (Å²) >= 11 is 12.8. The second-order valence-corrected chi connectivity index (χ2v) is 4.66. The number of pyridine rings is 1. The predicted molar refractivity (Wildman–Crippen MR) is 62.2 cm³/mol. The van der Waals surface area contributed by atoms with E-state index < -0.39 is 0 Å². The normalized spacial score (nSPS) is 10.7. The summed E-state index contributed by atoms with van der Waals surface area (Å²) in [6, 6.07) is 5.91. The average molecular weight is 321 g/mol. The third kappa shape index (κ3) is 1.73. The van der Waals surface area contributed by atoms with E-state index in [2.05, 4.69) is 36.8 Å². The molecule has 2 aromatic rings. The standard InChI is InChI=1S/C9H4Br2ClN/c10-5-1-2-6-7(3-5)9(11)13-4-8(6)12/h1-4H. The molecule has 0 radical (unpaired) electrons. The fraction of sp³-hybridized carbons (Fsp3) is 0. The molecule has 2 rings (SSSR count). The van der Waals surface area contributed by atoms with Crippen molar-refractivity contribution >= 4 is 54.2 Å². The minimum atomic E-state index is 0.672. The number of halogens is 3. The first-order chi connectivity index (χ1) is 6.18. The minimum absolute atomic E-state index is 0.672. The van der Waals surface area contributed by atoms with Crippen molar-refractivity contribution < 1.29 is 0 Å². The summed E-state index contributed by atoms with van der Waals surface area (Å²) in [4.78, 5) is 4.11. The molecule has 1 aromatic heterocycles. The quantitative estimate of drug-likeness (QED) is 0.655. The maximum absolute atomic E-state index is 5.98. The fourth-order valence-electron chi connectivity index (χ4n) is 1.15. The highest BCUT2D eigenvalue weighted by molar-refractivity contribution is 9.11. The molecule has 0 atom stereocenters. The van der Waals surface area contributed by atoms with Gasteiger partial charge in [0.1, 0.15) is 4.60 Å². The topological polar surface area (TPSA) is 12.9 Å². The Morgan fingerprint density at radius 3 is 2.69 bits per heavy atom. The second-order valence-electron chi connectivity index (χ2n) is 2.59. The molecule has 0 aliphatic rings. The van der Waals surface area contributed by atoms with Crippen LogP contribution in [-0.2, 0) is 0 Å². The molecule has 0 saturated heterocycles. The molecule has 66 valence electrons. The smallest absolute Gasteiger partial charge is 0.114 e. The van der Waals surface area contributed by atoms with E-state index >= 15 is 0 Å². The molecule has 0 unspecified atom stereocenters.